The van der Waals surface area contributed by atoms with Crippen LogP contribution in [-0.4, -0.2) is 23.8 Å². The highest BCUT2D eigenvalue weighted by atomic mass is 35.5. The first-order valence-corrected chi connectivity index (χ1v) is 4.95. The molecule has 0 spiro atoms. The van der Waals surface area contributed by atoms with Gasteiger partial charge in [0.15, 0.2) is 5.69 Å². The van der Waals surface area contributed by atoms with Gasteiger partial charge in [-0.25, -0.2) is 0 Å². The molecule has 93 valence electrons. The molecule has 2 amide bonds. The number of fused-ring (bicyclic) bond motifs is 1. The number of nitro benzene ring substituents is 1. The van der Waals surface area contributed by atoms with Crippen molar-refractivity contribution in [2.75, 3.05) is 12.4 Å². The van der Waals surface area contributed by atoms with Crippen molar-refractivity contribution in [2.45, 2.75) is 0 Å². The first-order chi connectivity index (χ1) is 8.45. The highest BCUT2D eigenvalue weighted by Gasteiger charge is 2.35. The van der Waals surface area contributed by atoms with Crippen LogP contribution >= 0.6 is 11.6 Å². The normalized spacial score (nSPS) is 13.4. The predicted octanol–water partition coefficient (Wildman–Crippen LogP) is 0.971. The maximum absolute atomic E-state index is 11.2. The summed E-state index contributed by atoms with van der Waals surface area (Å²) in [5.41, 5.74) is -0.909. The number of anilines is 1. The highest BCUT2D eigenvalue weighted by Crippen LogP contribution is 2.46. The molecule has 0 saturated carbocycles. The Hall–Kier alpha value is -2.35. The van der Waals surface area contributed by atoms with Crippen molar-refractivity contribution in [3.63, 3.8) is 0 Å². The van der Waals surface area contributed by atoms with Crippen LogP contribution in [0.3, 0.4) is 0 Å². The number of carbonyl (C=O) groups is 2. The van der Waals surface area contributed by atoms with Crippen molar-refractivity contribution in [1.29, 1.82) is 0 Å². The summed E-state index contributed by atoms with van der Waals surface area (Å²) in [5.74, 6) is -2.27. The van der Waals surface area contributed by atoms with Gasteiger partial charge in [-0.2, -0.15) is 5.32 Å². The van der Waals surface area contributed by atoms with Crippen molar-refractivity contribution in [1.82, 2.24) is 5.32 Å². The minimum atomic E-state index is -1.13. The number of amides is 2. The molecule has 0 aromatic heterocycles. The van der Waals surface area contributed by atoms with Gasteiger partial charge in [-0.1, -0.05) is 11.6 Å². The lowest BCUT2D eigenvalue weighted by Crippen LogP contribution is -2.33. The average molecular weight is 271 g/mol. The number of benzene rings is 1. The van der Waals surface area contributed by atoms with E-state index in [9.17, 15) is 19.7 Å². The molecule has 1 aliphatic heterocycles. The molecule has 0 fully saturated rings. The monoisotopic (exact) mass is 270 g/mol. The third kappa shape index (κ3) is 1.72. The summed E-state index contributed by atoms with van der Waals surface area (Å²) in [6.45, 7) is 0. The van der Waals surface area contributed by atoms with Crippen molar-refractivity contribution < 1.29 is 19.2 Å². The topological polar surface area (TPSA) is 113 Å². The first-order valence-electron chi connectivity index (χ1n) is 4.57. The number of nitrogens with zero attached hydrogens (tertiary/aromatic N) is 2. The fraction of sp³-hybridized carbons (Fsp3) is 0.111. The van der Waals surface area contributed by atoms with Crippen LogP contribution in [-0.2, 0) is 9.59 Å². The van der Waals surface area contributed by atoms with Crippen LogP contribution < -0.4 is 15.4 Å². The van der Waals surface area contributed by atoms with E-state index in [-0.39, 0.29) is 22.1 Å². The number of hydrogen-bond acceptors (Lipinski definition) is 5. The van der Waals surface area contributed by atoms with Crippen LogP contribution in [0.1, 0.15) is 0 Å². The summed E-state index contributed by atoms with van der Waals surface area (Å²) < 4.78 is 4.81. The molecular formula is C9H5ClN3O5. The molecule has 2 rings (SSSR count). The number of methoxy groups -OCH3 is 1. The zero-order chi connectivity index (χ0) is 13.4. The summed E-state index contributed by atoms with van der Waals surface area (Å²) >= 11 is 5.83. The van der Waals surface area contributed by atoms with Gasteiger partial charge in [0.05, 0.1) is 22.7 Å². The third-order valence-electron chi connectivity index (χ3n) is 2.24. The van der Waals surface area contributed by atoms with E-state index in [1.807, 2.05) is 0 Å². The van der Waals surface area contributed by atoms with Crippen molar-refractivity contribution in [3.8, 4) is 5.75 Å². The Bertz CT molecular complexity index is 586. The van der Waals surface area contributed by atoms with E-state index in [4.69, 9.17) is 16.3 Å². The fourth-order valence-corrected chi connectivity index (χ4v) is 1.72. The van der Waals surface area contributed by atoms with Gasteiger partial charge in [0, 0.05) is 6.07 Å². The standard InChI is InChI=1S/C9H5ClN3O5/c1-18-4-2-3(10)5-6(7(4)13(16)17)12-9(15)8(14)11-5/h2H,1H3,(H,11,14). The lowest BCUT2D eigenvalue weighted by Gasteiger charge is -2.17. The summed E-state index contributed by atoms with van der Waals surface area (Å²) in [5, 5.41) is 16.5. The summed E-state index contributed by atoms with van der Waals surface area (Å²) in [6, 6.07) is 1.17. The predicted molar refractivity (Wildman–Crippen MR) is 60.1 cm³/mol. The molecule has 9 heteroatoms. The molecule has 1 aliphatic rings. The van der Waals surface area contributed by atoms with Crippen LogP contribution in [0.4, 0.5) is 17.1 Å². The molecular weight excluding hydrogens is 266 g/mol. The van der Waals surface area contributed by atoms with E-state index in [2.05, 4.69) is 10.6 Å². The van der Waals surface area contributed by atoms with Crippen LogP contribution in [0.25, 0.3) is 0 Å². The Balaban J connectivity index is 2.74. The van der Waals surface area contributed by atoms with Crippen LogP contribution in [0.2, 0.25) is 5.02 Å². The lowest BCUT2D eigenvalue weighted by atomic mass is 10.1. The second kappa shape index (κ2) is 4.15. The minimum absolute atomic E-state index is 0.00273. The quantitative estimate of drug-likeness (QED) is 0.489. The van der Waals surface area contributed by atoms with E-state index in [1.54, 1.807) is 0 Å². The molecule has 0 saturated heterocycles. The fourth-order valence-electron chi connectivity index (χ4n) is 1.48. The molecule has 1 heterocycles. The Labute approximate surface area is 105 Å². The van der Waals surface area contributed by atoms with Gasteiger partial charge in [-0.3, -0.25) is 19.7 Å². The molecule has 0 aliphatic carbocycles. The summed E-state index contributed by atoms with van der Waals surface area (Å²) in [7, 11) is 1.22. The van der Waals surface area contributed by atoms with Crippen molar-refractivity contribution >= 4 is 40.5 Å². The lowest BCUT2D eigenvalue weighted by molar-refractivity contribution is -0.385. The van der Waals surface area contributed by atoms with Crippen LogP contribution in [0.15, 0.2) is 6.07 Å². The van der Waals surface area contributed by atoms with Gasteiger partial charge in [-0.05, 0) is 0 Å². The second-order valence-corrected chi connectivity index (χ2v) is 3.67. The Morgan fingerprint density at radius 2 is 2.17 bits per heavy atom. The van der Waals surface area contributed by atoms with Crippen molar-refractivity contribution in [3.05, 3.63) is 21.2 Å². The minimum Gasteiger partial charge on any atom is -0.490 e. The maximum atomic E-state index is 11.2. The summed E-state index contributed by atoms with van der Waals surface area (Å²) in [6.07, 6.45) is 0. The van der Waals surface area contributed by atoms with Gasteiger partial charge < -0.3 is 10.1 Å². The van der Waals surface area contributed by atoms with Crippen LogP contribution in [0.5, 0.6) is 5.75 Å². The number of nitro groups is 1. The number of carbonyl (C=O) groups excluding carboxylic acids is 2. The Morgan fingerprint density at radius 3 is 2.72 bits per heavy atom. The van der Waals surface area contributed by atoms with Gasteiger partial charge in [0.2, 0.25) is 5.75 Å². The van der Waals surface area contributed by atoms with E-state index in [0.717, 1.165) is 0 Å². The molecule has 1 aromatic carbocycles. The Morgan fingerprint density at radius 1 is 1.50 bits per heavy atom. The number of rotatable bonds is 2. The van der Waals surface area contributed by atoms with Crippen LogP contribution in [0, 0.1) is 10.1 Å². The number of ether oxygens (including phenoxy) is 1. The van der Waals surface area contributed by atoms with E-state index >= 15 is 0 Å². The van der Waals surface area contributed by atoms with Gasteiger partial charge in [0.1, 0.15) is 0 Å². The van der Waals surface area contributed by atoms with Crippen molar-refractivity contribution in [2.24, 2.45) is 0 Å². The van der Waals surface area contributed by atoms with Gasteiger partial charge in [-0.15, -0.1) is 0 Å². The van der Waals surface area contributed by atoms with E-state index in [1.165, 1.54) is 13.2 Å². The molecule has 1 aromatic rings. The largest absolute Gasteiger partial charge is 0.490 e. The first kappa shape index (κ1) is 12.1. The third-order valence-corrected chi connectivity index (χ3v) is 2.54. The molecule has 0 bridgehead atoms. The number of halogens is 1. The molecule has 0 atom stereocenters. The zero-order valence-corrected chi connectivity index (χ0v) is 9.65. The second-order valence-electron chi connectivity index (χ2n) is 3.26. The Kier molecular flexibility index (Phi) is 2.79. The number of hydrogen-bond donors (Lipinski definition) is 1. The van der Waals surface area contributed by atoms with Gasteiger partial charge in [0.25, 0.3) is 0 Å². The highest BCUT2D eigenvalue weighted by molar-refractivity contribution is 6.45. The zero-order valence-electron chi connectivity index (χ0n) is 8.89. The SMILES string of the molecule is COc1cc(Cl)c2c(c1[N+](=O)[O-])[N]C(=O)C(=O)N2. The summed E-state index contributed by atoms with van der Waals surface area (Å²) in [4.78, 5) is 32.5. The van der Waals surface area contributed by atoms with Gasteiger partial charge >= 0.3 is 17.5 Å². The molecule has 1 N–H and O–H groups in total. The number of nitrogens with one attached hydrogen (secondary N) is 1. The molecule has 0 unspecified atom stereocenters. The maximum Gasteiger partial charge on any atom is 0.338 e. The smallest absolute Gasteiger partial charge is 0.338 e. The molecule has 18 heavy (non-hydrogen) atoms. The average Bonchev–Trinajstić information content (AvgIpc) is 2.30. The van der Waals surface area contributed by atoms with E-state index in [0.29, 0.717) is 0 Å². The van der Waals surface area contributed by atoms with E-state index < -0.39 is 22.4 Å². The molecule has 1 radical (unpaired) electrons. The molecule has 8 nitrogen and oxygen atoms in total.